The number of hydrogen-bond acceptors (Lipinski definition) is 8. The first kappa shape index (κ1) is 43.7. The average molecular weight is 826 g/mol. The van der Waals surface area contributed by atoms with Gasteiger partial charge < -0.3 is 29.6 Å². The Morgan fingerprint density at radius 3 is 0.948 bits per heavy atom. The highest BCUT2D eigenvalue weighted by atomic mass is 35.5. The molecule has 304 valence electrons. The van der Waals surface area contributed by atoms with Crippen molar-refractivity contribution in [2.24, 2.45) is 0 Å². The molecule has 0 aromatic heterocycles. The predicted octanol–water partition coefficient (Wildman–Crippen LogP) is 9.62. The van der Waals surface area contributed by atoms with Gasteiger partial charge in [-0.05, 0) is 74.2 Å². The van der Waals surface area contributed by atoms with Crippen molar-refractivity contribution in [2.75, 3.05) is 48.8 Å². The number of hydrogen-bond donors (Lipinski definition) is 2. The summed E-state index contributed by atoms with van der Waals surface area (Å²) in [7, 11) is 0. The molecule has 2 N–H and O–H groups in total. The summed E-state index contributed by atoms with van der Waals surface area (Å²) in [5.41, 5.74) is 8.01. The van der Waals surface area contributed by atoms with Crippen LogP contribution in [0.15, 0.2) is 48.5 Å². The van der Waals surface area contributed by atoms with E-state index in [0.717, 1.165) is 70.2 Å². The number of amides is 2. The number of carbonyl (C=O) groups excluding carboxylic acids is 2. The third-order valence-electron chi connectivity index (χ3n) is 9.37. The van der Waals surface area contributed by atoms with Crippen LogP contribution in [0.2, 0.25) is 0 Å². The summed E-state index contributed by atoms with van der Waals surface area (Å²) in [6.45, 7) is 9.84. The molecule has 0 fully saturated rings. The number of fused-ring (bicyclic) bond motifs is 8. The van der Waals surface area contributed by atoms with Crippen LogP contribution in [-0.4, -0.2) is 50.0 Å². The second kappa shape index (κ2) is 21.4. The Balaban J connectivity index is 1.94. The first-order valence-corrected chi connectivity index (χ1v) is 20.9. The van der Waals surface area contributed by atoms with Crippen molar-refractivity contribution in [3.05, 3.63) is 104 Å². The van der Waals surface area contributed by atoms with Gasteiger partial charge in [0.25, 0.3) is 0 Å². The Hall–Kier alpha value is -5.42. The molecule has 0 spiro atoms. The molecule has 1 aliphatic carbocycles. The highest BCUT2D eigenvalue weighted by Crippen LogP contribution is 2.42. The molecule has 4 aromatic carbocycles. The Morgan fingerprint density at radius 1 is 0.500 bits per heavy atom. The van der Waals surface area contributed by atoms with E-state index in [2.05, 4.69) is 22.8 Å². The van der Waals surface area contributed by atoms with Crippen LogP contribution in [-0.2, 0) is 35.3 Å². The van der Waals surface area contributed by atoms with Crippen molar-refractivity contribution >= 4 is 46.4 Å². The molecule has 4 aromatic rings. The zero-order chi connectivity index (χ0) is 41.6. The Bertz CT molecular complexity index is 2060. The predicted molar refractivity (Wildman–Crippen MR) is 228 cm³/mol. The third kappa shape index (κ3) is 10.9. The summed E-state index contributed by atoms with van der Waals surface area (Å²) >= 11 is 12.0. The zero-order valence-electron chi connectivity index (χ0n) is 33.6. The van der Waals surface area contributed by atoms with Gasteiger partial charge >= 0.3 is 0 Å². The van der Waals surface area contributed by atoms with Gasteiger partial charge in [-0.2, -0.15) is 10.5 Å². The number of alkyl halides is 2. The smallest absolute Gasteiger partial charge is 0.239 e. The number of ether oxygens (including phenoxy) is 4. The number of nitrogens with one attached hydrogen (secondary N) is 2. The fourth-order valence-electron chi connectivity index (χ4n) is 7.11. The van der Waals surface area contributed by atoms with Crippen LogP contribution < -0.4 is 29.6 Å². The van der Waals surface area contributed by atoms with Gasteiger partial charge in [0.1, 0.15) is 34.8 Å². The Morgan fingerprint density at radius 2 is 0.741 bits per heavy atom. The number of halogens is 2. The second-order valence-corrected chi connectivity index (χ2v) is 14.7. The summed E-state index contributed by atoms with van der Waals surface area (Å²) in [5, 5.41) is 26.6. The molecule has 0 atom stereocenters. The number of benzene rings is 4. The van der Waals surface area contributed by atoms with Crippen LogP contribution >= 0.6 is 23.2 Å². The van der Waals surface area contributed by atoms with Gasteiger partial charge in [0, 0.05) is 81.6 Å². The minimum atomic E-state index is -0.373. The first-order chi connectivity index (χ1) is 28.2. The van der Waals surface area contributed by atoms with Gasteiger partial charge in [-0.3, -0.25) is 9.59 Å². The van der Waals surface area contributed by atoms with E-state index >= 15 is 0 Å². The van der Waals surface area contributed by atoms with Gasteiger partial charge in [0.15, 0.2) is 0 Å². The van der Waals surface area contributed by atoms with Gasteiger partial charge in [-0.1, -0.05) is 27.7 Å². The van der Waals surface area contributed by atoms with Gasteiger partial charge in [-0.25, -0.2) is 0 Å². The van der Waals surface area contributed by atoms with E-state index in [-0.39, 0.29) is 42.8 Å². The maximum absolute atomic E-state index is 12.8. The van der Waals surface area contributed by atoms with Gasteiger partial charge in [-0.15, -0.1) is 23.2 Å². The van der Waals surface area contributed by atoms with E-state index in [0.29, 0.717) is 78.3 Å². The maximum atomic E-state index is 12.8. The second-order valence-electron chi connectivity index (χ2n) is 14.2. The molecule has 58 heavy (non-hydrogen) atoms. The molecule has 0 saturated carbocycles. The van der Waals surface area contributed by atoms with E-state index < -0.39 is 0 Å². The van der Waals surface area contributed by atoms with E-state index in [4.69, 9.17) is 42.1 Å². The summed E-state index contributed by atoms with van der Waals surface area (Å²) < 4.78 is 26.3. The first-order valence-electron chi connectivity index (χ1n) is 19.8. The number of carbonyl (C=O) groups is 2. The molecular weight excluding hydrogens is 775 g/mol. The molecule has 0 unspecified atom stereocenters. The molecule has 1 aliphatic rings. The minimum Gasteiger partial charge on any atom is -0.493 e. The van der Waals surface area contributed by atoms with Crippen LogP contribution in [0, 0.1) is 22.7 Å². The average Bonchev–Trinajstić information content (AvgIpc) is 3.21. The highest BCUT2D eigenvalue weighted by Gasteiger charge is 2.25. The van der Waals surface area contributed by atoms with Crippen LogP contribution in [0.25, 0.3) is 0 Å². The van der Waals surface area contributed by atoms with Crippen LogP contribution in [0.5, 0.6) is 23.0 Å². The van der Waals surface area contributed by atoms with Crippen molar-refractivity contribution in [1.82, 2.24) is 0 Å². The highest BCUT2D eigenvalue weighted by molar-refractivity contribution is 6.29. The van der Waals surface area contributed by atoms with E-state index in [9.17, 15) is 20.1 Å². The topological polar surface area (TPSA) is 143 Å². The van der Waals surface area contributed by atoms with Crippen LogP contribution in [0.4, 0.5) is 11.4 Å². The fraction of sp³-hybridized carbons (Fsp3) is 0.391. The van der Waals surface area contributed by atoms with E-state index in [1.54, 1.807) is 0 Å². The Labute approximate surface area is 351 Å². The van der Waals surface area contributed by atoms with E-state index in [1.165, 1.54) is 0 Å². The summed E-state index contributed by atoms with van der Waals surface area (Å²) in [4.78, 5) is 25.5. The number of rotatable bonds is 16. The molecule has 5 rings (SSSR count). The summed E-state index contributed by atoms with van der Waals surface area (Å²) in [6, 6.07) is 19.5. The summed E-state index contributed by atoms with van der Waals surface area (Å²) in [6.07, 6.45) is 4.13. The SMILES string of the molecule is CCCOc1c2cc(C#N)cc1Cc1cc(NC(=O)CCl)cc(c1OCCC)Cc1cc(NC(=O)CCl)cc(c1OCCC)Cc1cc(C#N)cc(c1OCCC)C2. The molecule has 12 heteroatoms. The molecule has 8 bridgehead atoms. The van der Waals surface area contributed by atoms with E-state index in [1.807, 2.05) is 76.2 Å². The lowest BCUT2D eigenvalue weighted by Crippen LogP contribution is -2.15. The van der Waals surface area contributed by atoms with Gasteiger partial charge in [0.2, 0.25) is 11.8 Å². The molecule has 2 amide bonds. The number of nitriles is 2. The van der Waals surface area contributed by atoms with Crippen molar-refractivity contribution in [3.8, 4) is 35.1 Å². The van der Waals surface area contributed by atoms with Crippen LogP contribution in [0.1, 0.15) is 109 Å². The standard InChI is InChI=1S/C46H50Cl2N4O6/c1-5-9-55-43-31-13-29(27-49)15-33(43)18-35-21-39(51-41(53)25-47)23-37(45(35)57-11-7-3)20-38-24-40(52-42(54)26-48)22-36(46(38)58-12-8-4)19-34-16-30(28-50)14-32(17-31)44(34)56-10-6-2/h13-16,21-24H,5-12,17-20,25-26H2,1-4H3,(H,51,53)(H,52,54). The van der Waals surface area contributed by atoms with Gasteiger partial charge in [0.05, 0.1) is 49.7 Å². The number of nitrogens with zero attached hydrogens (tertiary/aromatic N) is 2. The Kier molecular flexibility index (Phi) is 16.1. The number of anilines is 2. The van der Waals surface area contributed by atoms with Crippen molar-refractivity contribution < 1.29 is 28.5 Å². The third-order valence-corrected chi connectivity index (χ3v) is 9.85. The zero-order valence-corrected chi connectivity index (χ0v) is 35.1. The minimum absolute atomic E-state index is 0.236. The lowest BCUT2D eigenvalue weighted by atomic mass is 9.89. The molecule has 0 radical (unpaired) electrons. The lowest BCUT2D eigenvalue weighted by Gasteiger charge is -2.24. The molecule has 0 heterocycles. The van der Waals surface area contributed by atoms with Crippen molar-refractivity contribution in [2.45, 2.75) is 79.1 Å². The largest absolute Gasteiger partial charge is 0.493 e. The molecular formula is C46H50Cl2N4O6. The van der Waals surface area contributed by atoms with Crippen molar-refractivity contribution in [3.63, 3.8) is 0 Å². The normalized spacial score (nSPS) is 11.8. The quantitative estimate of drug-likeness (QED) is 0.0937. The monoisotopic (exact) mass is 824 g/mol. The fourth-order valence-corrected chi connectivity index (χ4v) is 7.24. The summed E-state index contributed by atoms with van der Waals surface area (Å²) in [5.74, 6) is 1.30. The molecule has 0 aliphatic heterocycles. The molecule has 10 nitrogen and oxygen atoms in total. The molecule has 0 saturated heterocycles. The maximum Gasteiger partial charge on any atom is 0.239 e. The van der Waals surface area contributed by atoms with Crippen LogP contribution in [0.3, 0.4) is 0 Å². The van der Waals surface area contributed by atoms with Crippen molar-refractivity contribution in [1.29, 1.82) is 10.5 Å². The lowest BCUT2D eigenvalue weighted by molar-refractivity contribution is -0.114.